The lowest BCUT2D eigenvalue weighted by Gasteiger charge is -2.33. The monoisotopic (exact) mass is 308 g/mol. The normalized spacial score (nSPS) is 27.5. The van der Waals surface area contributed by atoms with Gasteiger partial charge in [-0.2, -0.15) is 0 Å². The van der Waals surface area contributed by atoms with E-state index in [0.29, 0.717) is 12.6 Å². The number of aliphatic hydroxyl groups excluding tert-OH is 1. The molecule has 6 heteroatoms. The number of β-amino-alcohol motifs (C(OH)–C–C–N with tert-alkyl or cyclic N) is 1. The quantitative estimate of drug-likeness (QED) is 0.832. The van der Waals surface area contributed by atoms with Crippen LogP contribution in [0.5, 0.6) is 0 Å². The predicted molar refractivity (Wildman–Crippen MR) is 84.6 cm³/mol. The molecular formula is C16H28N4O2. The van der Waals surface area contributed by atoms with Crippen LogP contribution in [-0.2, 0) is 17.8 Å². The number of methoxy groups -OCH3 is 1. The van der Waals surface area contributed by atoms with Crippen molar-refractivity contribution < 1.29 is 9.84 Å². The Labute approximate surface area is 132 Å². The Morgan fingerprint density at radius 1 is 1.27 bits per heavy atom. The van der Waals surface area contributed by atoms with Crippen molar-refractivity contribution in [1.82, 2.24) is 19.4 Å². The molecule has 1 aromatic rings. The van der Waals surface area contributed by atoms with Gasteiger partial charge in [0.1, 0.15) is 5.82 Å². The number of aromatic nitrogens is 2. The standard InChI is InChI=1S/C16H28N4O2/c1-22-10-9-20-8-5-17-16(20)13-18-11-14(15(21)12-18)19-6-3-2-4-7-19/h5,8,14-15,21H,2-4,6-7,9-13H2,1H3/t14-,15-/m0/s1. The molecule has 124 valence electrons. The number of piperidine rings is 1. The van der Waals surface area contributed by atoms with Crippen LogP contribution in [0.4, 0.5) is 0 Å². The number of imidazole rings is 1. The Hall–Kier alpha value is -0.950. The molecule has 6 nitrogen and oxygen atoms in total. The molecule has 2 saturated heterocycles. The number of hydrogen-bond acceptors (Lipinski definition) is 5. The van der Waals surface area contributed by atoms with Crippen molar-refractivity contribution in [3.05, 3.63) is 18.2 Å². The van der Waals surface area contributed by atoms with Crippen LogP contribution >= 0.6 is 0 Å². The van der Waals surface area contributed by atoms with E-state index in [1.165, 1.54) is 19.3 Å². The first-order chi connectivity index (χ1) is 10.8. The minimum absolute atomic E-state index is 0.236. The van der Waals surface area contributed by atoms with E-state index in [9.17, 15) is 5.11 Å². The molecule has 2 fully saturated rings. The lowest BCUT2D eigenvalue weighted by molar-refractivity contribution is 0.0706. The maximum atomic E-state index is 10.4. The van der Waals surface area contributed by atoms with E-state index >= 15 is 0 Å². The zero-order valence-electron chi connectivity index (χ0n) is 13.5. The molecule has 3 heterocycles. The second-order valence-electron chi connectivity index (χ2n) is 6.46. The van der Waals surface area contributed by atoms with Crippen LogP contribution in [0.25, 0.3) is 0 Å². The van der Waals surface area contributed by atoms with Crippen LogP contribution in [0.1, 0.15) is 25.1 Å². The summed E-state index contributed by atoms with van der Waals surface area (Å²) >= 11 is 0. The third kappa shape index (κ3) is 3.68. The van der Waals surface area contributed by atoms with E-state index < -0.39 is 0 Å². The number of nitrogens with zero attached hydrogens (tertiary/aromatic N) is 4. The fraction of sp³-hybridized carbons (Fsp3) is 0.812. The fourth-order valence-corrected chi connectivity index (χ4v) is 3.67. The molecule has 0 aliphatic carbocycles. The maximum Gasteiger partial charge on any atom is 0.122 e. The van der Waals surface area contributed by atoms with Crippen molar-refractivity contribution in [2.45, 2.75) is 44.5 Å². The minimum Gasteiger partial charge on any atom is -0.390 e. The van der Waals surface area contributed by atoms with Gasteiger partial charge in [0.05, 0.1) is 19.3 Å². The molecule has 0 unspecified atom stereocenters. The lowest BCUT2D eigenvalue weighted by atomic mass is 10.1. The summed E-state index contributed by atoms with van der Waals surface area (Å²) in [5.41, 5.74) is 0. The van der Waals surface area contributed by atoms with Gasteiger partial charge in [0, 0.05) is 45.2 Å². The summed E-state index contributed by atoms with van der Waals surface area (Å²) in [6, 6.07) is 0.294. The number of hydrogen-bond donors (Lipinski definition) is 1. The highest BCUT2D eigenvalue weighted by molar-refractivity contribution is 4.97. The van der Waals surface area contributed by atoms with Gasteiger partial charge in [-0.1, -0.05) is 6.42 Å². The molecule has 2 aliphatic heterocycles. The molecule has 0 aromatic carbocycles. The van der Waals surface area contributed by atoms with Crippen LogP contribution in [0.2, 0.25) is 0 Å². The second kappa shape index (κ2) is 7.55. The van der Waals surface area contributed by atoms with Gasteiger partial charge in [0.15, 0.2) is 0 Å². The van der Waals surface area contributed by atoms with E-state index in [0.717, 1.165) is 45.1 Å². The molecule has 3 rings (SSSR count). The first-order valence-corrected chi connectivity index (χ1v) is 8.41. The van der Waals surface area contributed by atoms with Crippen LogP contribution in [0, 0.1) is 0 Å². The van der Waals surface area contributed by atoms with Gasteiger partial charge < -0.3 is 14.4 Å². The topological polar surface area (TPSA) is 53.8 Å². The zero-order chi connectivity index (χ0) is 15.4. The van der Waals surface area contributed by atoms with E-state index in [1.54, 1.807) is 7.11 Å². The van der Waals surface area contributed by atoms with Crippen molar-refractivity contribution in [2.75, 3.05) is 39.9 Å². The summed E-state index contributed by atoms with van der Waals surface area (Å²) in [5.74, 6) is 1.06. The van der Waals surface area contributed by atoms with E-state index in [4.69, 9.17) is 4.74 Å². The summed E-state index contributed by atoms with van der Waals surface area (Å²) < 4.78 is 7.29. The van der Waals surface area contributed by atoms with Crippen molar-refractivity contribution in [2.24, 2.45) is 0 Å². The second-order valence-corrected chi connectivity index (χ2v) is 6.46. The van der Waals surface area contributed by atoms with Gasteiger partial charge in [0.2, 0.25) is 0 Å². The van der Waals surface area contributed by atoms with Crippen LogP contribution in [0.3, 0.4) is 0 Å². The van der Waals surface area contributed by atoms with E-state index in [2.05, 4.69) is 19.4 Å². The Kier molecular flexibility index (Phi) is 5.46. The predicted octanol–water partition coefficient (Wildman–Crippen LogP) is 0.560. The average Bonchev–Trinajstić information content (AvgIpc) is 3.13. The van der Waals surface area contributed by atoms with Gasteiger partial charge in [0.25, 0.3) is 0 Å². The number of rotatable bonds is 6. The van der Waals surface area contributed by atoms with Crippen LogP contribution in [0.15, 0.2) is 12.4 Å². The van der Waals surface area contributed by atoms with Crippen molar-refractivity contribution in [1.29, 1.82) is 0 Å². The molecule has 0 radical (unpaired) electrons. The van der Waals surface area contributed by atoms with Gasteiger partial charge in [-0.05, 0) is 25.9 Å². The SMILES string of the molecule is COCCn1ccnc1CN1C[C@H](O)[C@@H](N2CCCCC2)C1. The number of ether oxygens (including phenoxy) is 1. The zero-order valence-corrected chi connectivity index (χ0v) is 13.5. The molecule has 22 heavy (non-hydrogen) atoms. The Bertz CT molecular complexity index is 459. The third-order valence-corrected chi connectivity index (χ3v) is 4.90. The van der Waals surface area contributed by atoms with E-state index in [1.807, 2.05) is 12.4 Å². The Morgan fingerprint density at radius 3 is 2.86 bits per heavy atom. The average molecular weight is 308 g/mol. The summed E-state index contributed by atoms with van der Waals surface area (Å²) in [5, 5.41) is 10.4. The minimum atomic E-state index is -0.236. The molecule has 0 spiro atoms. The van der Waals surface area contributed by atoms with E-state index in [-0.39, 0.29) is 6.10 Å². The van der Waals surface area contributed by atoms with Crippen molar-refractivity contribution in [3.63, 3.8) is 0 Å². The molecule has 0 bridgehead atoms. The molecule has 1 aromatic heterocycles. The molecule has 2 atom stereocenters. The highest BCUT2D eigenvalue weighted by Crippen LogP contribution is 2.21. The molecule has 0 saturated carbocycles. The molecule has 0 amide bonds. The number of likely N-dealkylation sites (tertiary alicyclic amines) is 2. The van der Waals surface area contributed by atoms with Gasteiger partial charge in [-0.3, -0.25) is 9.80 Å². The van der Waals surface area contributed by atoms with Crippen LogP contribution < -0.4 is 0 Å². The van der Waals surface area contributed by atoms with Crippen LogP contribution in [-0.4, -0.2) is 76.5 Å². The lowest BCUT2D eigenvalue weighted by Crippen LogP contribution is -2.45. The van der Waals surface area contributed by atoms with Crippen molar-refractivity contribution in [3.8, 4) is 0 Å². The Morgan fingerprint density at radius 2 is 2.09 bits per heavy atom. The molecule has 1 N–H and O–H groups in total. The third-order valence-electron chi connectivity index (χ3n) is 4.90. The summed E-state index contributed by atoms with van der Waals surface area (Å²) in [7, 11) is 1.72. The fourth-order valence-electron chi connectivity index (χ4n) is 3.67. The highest BCUT2D eigenvalue weighted by atomic mass is 16.5. The summed E-state index contributed by atoms with van der Waals surface area (Å²) in [4.78, 5) is 9.27. The smallest absolute Gasteiger partial charge is 0.122 e. The summed E-state index contributed by atoms with van der Waals surface area (Å²) in [6.07, 6.45) is 7.48. The largest absolute Gasteiger partial charge is 0.390 e. The highest BCUT2D eigenvalue weighted by Gasteiger charge is 2.36. The first kappa shape index (κ1) is 15.9. The van der Waals surface area contributed by atoms with Gasteiger partial charge >= 0.3 is 0 Å². The van der Waals surface area contributed by atoms with Gasteiger partial charge in [-0.25, -0.2) is 4.98 Å². The maximum absolute atomic E-state index is 10.4. The molecular weight excluding hydrogens is 280 g/mol. The Balaban J connectivity index is 1.56. The van der Waals surface area contributed by atoms with Crippen molar-refractivity contribution >= 4 is 0 Å². The van der Waals surface area contributed by atoms with Gasteiger partial charge in [-0.15, -0.1) is 0 Å². The molecule has 2 aliphatic rings. The number of aliphatic hydroxyl groups is 1. The summed E-state index contributed by atoms with van der Waals surface area (Å²) in [6.45, 7) is 6.30. The first-order valence-electron chi connectivity index (χ1n) is 8.41.